The van der Waals surface area contributed by atoms with Gasteiger partial charge in [-0.1, -0.05) is 6.42 Å². The van der Waals surface area contributed by atoms with E-state index in [1.54, 1.807) is 16.4 Å². The lowest BCUT2D eigenvalue weighted by molar-refractivity contribution is 0.346. The monoisotopic (exact) mass is 384 g/mol. The molecule has 0 aliphatic carbocycles. The van der Waals surface area contributed by atoms with Crippen LogP contribution in [-0.2, 0) is 10.0 Å². The van der Waals surface area contributed by atoms with Gasteiger partial charge in [0.05, 0.1) is 16.3 Å². The maximum atomic E-state index is 12.9. The highest BCUT2D eigenvalue weighted by Gasteiger charge is 2.26. The summed E-state index contributed by atoms with van der Waals surface area (Å²) in [6.45, 7) is 5.18. The summed E-state index contributed by atoms with van der Waals surface area (Å²) in [5, 5.41) is 6.73. The van der Waals surface area contributed by atoms with Gasteiger partial charge in [-0.25, -0.2) is 8.42 Å². The van der Waals surface area contributed by atoms with Gasteiger partial charge >= 0.3 is 0 Å². The van der Waals surface area contributed by atoms with E-state index >= 15 is 0 Å². The fraction of sp³-hybridized carbons (Fsp3) is 0.588. The summed E-state index contributed by atoms with van der Waals surface area (Å²) < 4.78 is 27.4. The van der Waals surface area contributed by atoms with Gasteiger partial charge in [0.1, 0.15) is 0 Å². The number of nitrogens with zero attached hydrogens (tertiary/aromatic N) is 2. The number of nitrogens with one attached hydrogen (secondary N) is 2. The quantitative estimate of drug-likeness (QED) is 0.761. The largest absolute Gasteiger partial charge is 0.376 e. The first-order valence-electron chi connectivity index (χ1n) is 8.61. The molecule has 1 fully saturated rings. The number of benzene rings is 1. The minimum absolute atomic E-state index is 0.197. The van der Waals surface area contributed by atoms with Crippen LogP contribution in [0.25, 0.3) is 0 Å². The van der Waals surface area contributed by atoms with Gasteiger partial charge < -0.3 is 15.5 Å². The zero-order valence-corrected chi connectivity index (χ0v) is 17.0. The molecule has 6 nitrogen and oxygen atoms in total. The molecule has 25 heavy (non-hydrogen) atoms. The zero-order chi connectivity index (χ0) is 18.6. The summed E-state index contributed by atoms with van der Waals surface area (Å²) in [5.74, 6) is 0. The Kier molecular flexibility index (Phi) is 6.65. The summed E-state index contributed by atoms with van der Waals surface area (Å²) in [5.41, 5.74) is 1.56. The minimum Gasteiger partial charge on any atom is -0.376 e. The number of rotatable bonds is 5. The summed E-state index contributed by atoms with van der Waals surface area (Å²) in [7, 11) is 0.355. The van der Waals surface area contributed by atoms with E-state index in [1.165, 1.54) is 0 Å². The van der Waals surface area contributed by atoms with Gasteiger partial charge in [-0.3, -0.25) is 0 Å². The SMILES string of the molecule is CC(C)NC(=S)Nc1cc(S(=O)(=O)N2CCCCC2)ccc1N(C)C. The van der Waals surface area contributed by atoms with E-state index in [0.717, 1.165) is 24.9 Å². The number of thiocarbonyl (C=S) groups is 1. The van der Waals surface area contributed by atoms with E-state index in [4.69, 9.17) is 12.2 Å². The average Bonchev–Trinajstić information content (AvgIpc) is 2.54. The molecule has 0 aromatic heterocycles. The van der Waals surface area contributed by atoms with Crippen LogP contribution in [-0.4, -0.2) is 51.1 Å². The fourth-order valence-electron chi connectivity index (χ4n) is 2.84. The van der Waals surface area contributed by atoms with Crippen LogP contribution in [0, 0.1) is 0 Å². The van der Waals surface area contributed by atoms with Crippen LogP contribution in [0.5, 0.6) is 0 Å². The van der Waals surface area contributed by atoms with Crippen LogP contribution < -0.4 is 15.5 Å². The Hall–Kier alpha value is -1.38. The Labute approximate surface area is 156 Å². The van der Waals surface area contributed by atoms with Gasteiger partial charge in [0.15, 0.2) is 5.11 Å². The molecule has 1 heterocycles. The van der Waals surface area contributed by atoms with Crippen molar-refractivity contribution in [1.29, 1.82) is 0 Å². The zero-order valence-electron chi connectivity index (χ0n) is 15.4. The third kappa shape index (κ3) is 5.05. The molecule has 0 atom stereocenters. The number of piperidine rings is 1. The van der Waals surface area contributed by atoms with Crippen LogP contribution in [0.15, 0.2) is 23.1 Å². The molecule has 1 aromatic rings. The third-order valence-electron chi connectivity index (χ3n) is 4.07. The van der Waals surface area contributed by atoms with Crippen molar-refractivity contribution in [3.8, 4) is 0 Å². The van der Waals surface area contributed by atoms with Gasteiger partial charge in [0.25, 0.3) is 0 Å². The molecule has 1 saturated heterocycles. The molecule has 0 saturated carbocycles. The lowest BCUT2D eigenvalue weighted by atomic mass is 10.2. The standard InChI is InChI=1S/C17H28N4O2S2/c1-13(2)18-17(24)19-15-12-14(8-9-16(15)20(3)4)25(22,23)21-10-6-5-7-11-21/h8-9,12-13H,5-7,10-11H2,1-4H3,(H2,18,19,24). The van der Waals surface area contributed by atoms with Gasteiger partial charge in [0, 0.05) is 33.2 Å². The van der Waals surface area contributed by atoms with Gasteiger partial charge in [0.2, 0.25) is 10.0 Å². The van der Waals surface area contributed by atoms with Crippen molar-refractivity contribution in [2.45, 2.75) is 44.0 Å². The molecule has 0 spiro atoms. The number of hydrogen-bond acceptors (Lipinski definition) is 4. The number of sulfonamides is 1. The molecule has 2 N–H and O–H groups in total. The highest BCUT2D eigenvalue weighted by molar-refractivity contribution is 7.89. The van der Waals surface area contributed by atoms with E-state index in [-0.39, 0.29) is 6.04 Å². The van der Waals surface area contributed by atoms with Crippen LogP contribution in [0.1, 0.15) is 33.1 Å². The molecule has 140 valence electrons. The van der Waals surface area contributed by atoms with Crippen LogP contribution >= 0.6 is 12.2 Å². The van der Waals surface area contributed by atoms with Gasteiger partial charge in [-0.2, -0.15) is 4.31 Å². The molecule has 0 radical (unpaired) electrons. The predicted molar refractivity (Wildman–Crippen MR) is 108 cm³/mol. The van der Waals surface area contributed by atoms with Gasteiger partial charge in [-0.15, -0.1) is 0 Å². The van der Waals surface area contributed by atoms with E-state index in [1.807, 2.05) is 38.9 Å². The summed E-state index contributed by atoms with van der Waals surface area (Å²) in [4.78, 5) is 2.23. The first-order valence-corrected chi connectivity index (χ1v) is 10.5. The van der Waals surface area contributed by atoms with Crippen molar-refractivity contribution < 1.29 is 8.42 Å². The summed E-state index contributed by atoms with van der Waals surface area (Å²) >= 11 is 5.32. The van der Waals surface area contributed by atoms with Crippen LogP contribution in [0.3, 0.4) is 0 Å². The number of anilines is 2. The maximum Gasteiger partial charge on any atom is 0.243 e. The van der Waals surface area contributed by atoms with Crippen molar-refractivity contribution in [2.24, 2.45) is 0 Å². The first kappa shape index (κ1) is 19.9. The van der Waals surface area contributed by atoms with Crippen LogP contribution in [0.2, 0.25) is 0 Å². The molecule has 0 amide bonds. The van der Waals surface area contributed by atoms with E-state index < -0.39 is 10.0 Å². The predicted octanol–water partition coefficient (Wildman–Crippen LogP) is 2.62. The second-order valence-electron chi connectivity index (χ2n) is 6.79. The van der Waals surface area contributed by atoms with Crippen molar-refractivity contribution in [2.75, 3.05) is 37.4 Å². The topological polar surface area (TPSA) is 64.7 Å². The maximum absolute atomic E-state index is 12.9. The average molecular weight is 385 g/mol. The van der Waals surface area contributed by atoms with Crippen molar-refractivity contribution in [3.63, 3.8) is 0 Å². The van der Waals surface area contributed by atoms with E-state index in [2.05, 4.69) is 10.6 Å². The fourth-order valence-corrected chi connectivity index (χ4v) is 4.73. The smallest absolute Gasteiger partial charge is 0.243 e. The Morgan fingerprint density at radius 1 is 1.20 bits per heavy atom. The van der Waals surface area contributed by atoms with Crippen molar-refractivity contribution in [1.82, 2.24) is 9.62 Å². The van der Waals surface area contributed by atoms with E-state index in [0.29, 0.717) is 28.8 Å². The molecular weight excluding hydrogens is 356 g/mol. The summed E-state index contributed by atoms with van der Waals surface area (Å²) in [6, 6.07) is 5.36. The Bertz CT molecular complexity index is 711. The Balaban J connectivity index is 2.34. The normalized spacial score (nSPS) is 15.9. The minimum atomic E-state index is -3.47. The summed E-state index contributed by atoms with van der Waals surface area (Å²) in [6.07, 6.45) is 2.93. The van der Waals surface area contributed by atoms with Crippen molar-refractivity contribution >= 4 is 38.7 Å². The molecule has 1 aromatic carbocycles. The second-order valence-corrected chi connectivity index (χ2v) is 9.14. The highest BCUT2D eigenvalue weighted by atomic mass is 32.2. The Morgan fingerprint density at radius 2 is 1.84 bits per heavy atom. The molecule has 0 unspecified atom stereocenters. The molecule has 0 bridgehead atoms. The Morgan fingerprint density at radius 3 is 2.40 bits per heavy atom. The molecule has 2 rings (SSSR count). The van der Waals surface area contributed by atoms with Crippen molar-refractivity contribution in [3.05, 3.63) is 18.2 Å². The first-order chi connectivity index (χ1) is 11.7. The highest BCUT2D eigenvalue weighted by Crippen LogP contribution is 2.30. The lowest BCUT2D eigenvalue weighted by Gasteiger charge is -2.27. The molecular formula is C17H28N4O2S2. The van der Waals surface area contributed by atoms with E-state index in [9.17, 15) is 8.42 Å². The molecule has 8 heteroatoms. The second kappa shape index (κ2) is 8.33. The number of hydrogen-bond donors (Lipinski definition) is 2. The lowest BCUT2D eigenvalue weighted by Crippen LogP contribution is -2.36. The third-order valence-corrected chi connectivity index (χ3v) is 6.19. The van der Waals surface area contributed by atoms with Crippen LogP contribution in [0.4, 0.5) is 11.4 Å². The molecule has 1 aliphatic heterocycles. The molecule has 1 aliphatic rings. The van der Waals surface area contributed by atoms with Gasteiger partial charge in [-0.05, 0) is 57.1 Å².